The monoisotopic (exact) mass is 1320 g/mol. The van der Waals surface area contributed by atoms with Crippen LogP contribution in [0.25, 0.3) is 67.5 Å². The number of urea groups is 3. The summed E-state index contributed by atoms with van der Waals surface area (Å²) in [4.78, 5) is 44.6. The highest BCUT2D eigenvalue weighted by Gasteiger charge is 2.29. The lowest BCUT2D eigenvalue weighted by Crippen LogP contribution is -2.23. The lowest BCUT2D eigenvalue weighted by atomic mass is 10.1. The van der Waals surface area contributed by atoms with Crippen molar-refractivity contribution in [2.24, 2.45) is 0 Å². The maximum absolute atomic E-state index is 13.3. The normalized spacial score (nSPS) is 12.0. The van der Waals surface area contributed by atoms with Crippen molar-refractivity contribution >= 4 is 69.4 Å². The summed E-state index contributed by atoms with van der Waals surface area (Å²) in [5.74, 6) is 3.08. The van der Waals surface area contributed by atoms with Gasteiger partial charge in [-0.05, 0) is 125 Å². The molecule has 15 aromatic rings. The minimum absolute atomic E-state index is 0.322. The second-order valence-corrected chi connectivity index (χ2v) is 23.8. The number of pyridine rings is 3. The molecule has 0 atom stereocenters. The number of carbonyl (C=O) groups excluding carboxylic acids is 3. The molecule has 9 heterocycles. The highest BCUT2D eigenvalue weighted by molar-refractivity contribution is 6.07. The van der Waals surface area contributed by atoms with Crippen LogP contribution in [0.15, 0.2) is 255 Å². The van der Waals surface area contributed by atoms with Gasteiger partial charge in [-0.25, -0.2) is 42.4 Å². The van der Waals surface area contributed by atoms with E-state index in [-0.39, 0.29) is 12.1 Å². The largest absolute Gasteiger partial charge is 0.477 e. The summed E-state index contributed by atoms with van der Waals surface area (Å²) >= 11 is 0. The van der Waals surface area contributed by atoms with E-state index < -0.39 is 6.03 Å². The second-order valence-electron chi connectivity index (χ2n) is 23.8. The Hall–Kier alpha value is -13.4. The van der Waals surface area contributed by atoms with E-state index in [0.29, 0.717) is 41.2 Å². The summed E-state index contributed by atoms with van der Waals surface area (Å²) < 4.78 is 16.4. The minimum Gasteiger partial charge on any atom is -0.477 e. The Morgan fingerprint density at radius 2 is 0.770 bits per heavy atom. The maximum Gasteiger partial charge on any atom is 0.326 e. The molecule has 0 bridgehead atoms. The first-order valence-electron chi connectivity index (χ1n) is 33.1. The number of nitrogens with zero attached hydrogens (tertiary/aromatic N) is 12. The van der Waals surface area contributed by atoms with E-state index in [9.17, 15) is 14.4 Å². The van der Waals surface area contributed by atoms with E-state index >= 15 is 0 Å². The number of nitrogens with one attached hydrogen (secondary N) is 6. The zero-order valence-electron chi connectivity index (χ0n) is 54.7. The highest BCUT2D eigenvalue weighted by atomic mass is 16.5. The number of fused-ring (bicyclic) bond motifs is 5. The van der Waals surface area contributed by atoms with Crippen LogP contribution in [0.3, 0.4) is 0 Å². The molecule has 0 aliphatic heterocycles. The van der Waals surface area contributed by atoms with Gasteiger partial charge in [0.2, 0.25) is 5.88 Å². The van der Waals surface area contributed by atoms with Gasteiger partial charge in [-0.2, -0.15) is 20.4 Å². The molecule has 17 rings (SSSR count). The van der Waals surface area contributed by atoms with Crippen LogP contribution < -0.4 is 36.6 Å². The summed E-state index contributed by atoms with van der Waals surface area (Å²) in [5.41, 5.74) is 16.3. The summed E-state index contributed by atoms with van der Waals surface area (Å²) in [6.07, 6.45) is 11.4. The number of aryl methyl sites for hydroxylation is 2. The van der Waals surface area contributed by atoms with Gasteiger partial charge >= 0.3 is 18.1 Å². The van der Waals surface area contributed by atoms with Gasteiger partial charge in [0.15, 0.2) is 0 Å². The van der Waals surface area contributed by atoms with E-state index in [0.717, 1.165) is 140 Å². The van der Waals surface area contributed by atoms with E-state index in [2.05, 4.69) is 37.0 Å². The summed E-state index contributed by atoms with van der Waals surface area (Å²) in [5, 5.41) is 41.8. The number of imidazole rings is 1. The number of anilines is 6. The molecule has 0 saturated heterocycles. The number of para-hydroxylation sites is 3. The topological polar surface area (TPSA) is 238 Å². The summed E-state index contributed by atoms with van der Waals surface area (Å²) in [7, 11) is 0. The number of hydrogen-bond acceptors (Lipinski definition) is 10. The molecule has 2 aliphatic carbocycles. The molecule has 0 fully saturated rings. The molecule has 22 nitrogen and oxygen atoms in total. The maximum atomic E-state index is 13.3. The van der Waals surface area contributed by atoms with Crippen molar-refractivity contribution in [2.75, 3.05) is 38.5 Å². The third-order valence-electron chi connectivity index (χ3n) is 17.3. The van der Waals surface area contributed by atoms with E-state index in [1.54, 1.807) is 13.7 Å². The Balaban J connectivity index is 0.000000122. The molecule has 9 aromatic heterocycles. The molecule has 6 N–H and O–H groups in total. The highest BCUT2D eigenvalue weighted by Crippen LogP contribution is 2.37. The Labute approximate surface area is 574 Å². The molecule has 6 aromatic carbocycles. The quantitative estimate of drug-likeness (QED) is 0.0602. The molecule has 22 heteroatoms. The number of carbonyl (C=O) groups is 3. The zero-order chi connectivity index (χ0) is 67.9. The fourth-order valence-corrected chi connectivity index (χ4v) is 12.7. The van der Waals surface area contributed by atoms with Gasteiger partial charge in [-0.3, -0.25) is 25.7 Å². The van der Waals surface area contributed by atoms with Crippen molar-refractivity contribution in [1.29, 1.82) is 0 Å². The minimum atomic E-state index is -0.404. The van der Waals surface area contributed by atoms with Crippen LogP contribution in [0.1, 0.15) is 47.8 Å². The lowest BCUT2D eigenvalue weighted by Gasteiger charge is -2.13. The smallest absolute Gasteiger partial charge is 0.326 e. The first kappa shape index (κ1) is 62.7. The molecular formula is C78H68N18O4. The Kier molecular flexibility index (Phi) is 17.7. The first-order chi connectivity index (χ1) is 49.2. The molecule has 494 valence electrons. The Bertz CT molecular complexity index is 5190. The number of aromatic nitrogens is 12. The molecule has 0 saturated carbocycles. The van der Waals surface area contributed by atoms with Crippen molar-refractivity contribution in [3.05, 3.63) is 283 Å². The number of rotatable bonds is 14. The van der Waals surface area contributed by atoms with Crippen molar-refractivity contribution in [3.8, 4) is 56.7 Å². The van der Waals surface area contributed by atoms with Gasteiger partial charge in [-0.1, -0.05) is 164 Å². The van der Waals surface area contributed by atoms with Crippen LogP contribution in [0.2, 0.25) is 0 Å². The fourth-order valence-electron chi connectivity index (χ4n) is 12.7. The van der Waals surface area contributed by atoms with Crippen molar-refractivity contribution in [1.82, 2.24) is 58.0 Å². The van der Waals surface area contributed by atoms with Crippen molar-refractivity contribution in [2.45, 2.75) is 52.4 Å². The third kappa shape index (κ3) is 12.8. The van der Waals surface area contributed by atoms with Crippen LogP contribution in [0.5, 0.6) is 5.88 Å². The van der Waals surface area contributed by atoms with Crippen LogP contribution in [-0.4, -0.2) is 82.7 Å². The van der Waals surface area contributed by atoms with E-state index in [4.69, 9.17) is 30.1 Å². The predicted octanol–water partition coefficient (Wildman–Crippen LogP) is 16.2. The number of hydrogen-bond donors (Lipinski definition) is 6. The molecule has 0 spiro atoms. The third-order valence-corrected chi connectivity index (χ3v) is 17.3. The molecule has 6 amide bonds. The van der Waals surface area contributed by atoms with Gasteiger partial charge in [0, 0.05) is 46.4 Å². The van der Waals surface area contributed by atoms with Gasteiger partial charge < -0.3 is 15.4 Å². The van der Waals surface area contributed by atoms with Gasteiger partial charge in [0.05, 0.1) is 63.0 Å². The van der Waals surface area contributed by atoms with Crippen LogP contribution >= 0.6 is 0 Å². The molecule has 2 aliphatic rings. The standard InChI is InChI=1S/C26H24N6O2.2C26H22N6O/c1-3-34-25-18(2)24(32(30-25)20-14-8-5-9-15-20)28-26(33)27-23-21-16-10-11-17-31(21)29-22(23)19-12-6-4-7-13-19;33-26(28-25-20-14-9-15-21(20)29-32(25)19-12-5-2-6-13-19)27-24-22-16-7-8-17-31(22)30-23(24)18-10-3-1-4-11-18;33-26(28-24-20-14-9-15-21(20)30-32(24)19-12-5-2-6-13-19)29-25-23(18-10-3-1-4-11-18)27-22-16-7-8-17-31(22)25/h4-17H,3H2,1-2H3,(H2,27,28,33);1-8,10-13,16-17H,9,14-15H2,(H2,27,28,33);1-8,10-13,16-17H,9,14-15H2,(H2,28,29,33). The molecule has 100 heavy (non-hydrogen) atoms. The zero-order valence-corrected chi connectivity index (χ0v) is 54.7. The van der Waals surface area contributed by atoms with E-state index in [1.807, 2.05) is 283 Å². The van der Waals surface area contributed by atoms with Crippen LogP contribution in [0.4, 0.5) is 49.0 Å². The average molecular weight is 1320 g/mol. The Morgan fingerprint density at radius 1 is 0.390 bits per heavy atom. The van der Waals surface area contributed by atoms with Crippen LogP contribution in [0, 0.1) is 6.92 Å². The number of ether oxygens (including phenoxy) is 1. The summed E-state index contributed by atoms with van der Waals surface area (Å²) in [6, 6.07) is 75.1. The lowest BCUT2D eigenvalue weighted by molar-refractivity contribution is 0.261. The number of amides is 6. The first-order valence-corrected chi connectivity index (χ1v) is 33.1. The van der Waals surface area contributed by atoms with Crippen molar-refractivity contribution < 1.29 is 19.1 Å². The van der Waals surface area contributed by atoms with Crippen molar-refractivity contribution in [3.63, 3.8) is 0 Å². The molecule has 0 unspecified atom stereocenters. The number of benzene rings is 6. The SMILES string of the molecule is CCOc1nn(-c2ccccc2)c(NC(=O)Nc2c(-c3ccccc3)nn3ccccc23)c1C.O=C(Nc1c(-c2ccccc2)nn2ccccc12)Nc1c2c(nn1-c1ccccc1)CCC2.O=C(Nc1c2c(nn1-c1ccccc1)CCC2)Nc1c(-c2ccccc2)nc2ccccn12. The van der Waals surface area contributed by atoms with Gasteiger partial charge in [0.1, 0.15) is 46.0 Å². The molecular weight excluding hydrogens is 1250 g/mol. The molecule has 0 radical (unpaired) electrons. The summed E-state index contributed by atoms with van der Waals surface area (Å²) in [6.45, 7) is 4.25. The fraction of sp³-hybridized carbons (Fsp3) is 0.115. The Morgan fingerprint density at radius 3 is 1.23 bits per heavy atom. The van der Waals surface area contributed by atoms with Gasteiger partial charge in [-0.15, -0.1) is 5.10 Å². The van der Waals surface area contributed by atoms with E-state index in [1.165, 1.54) is 0 Å². The average Bonchev–Trinajstić information content (AvgIpc) is 1.65. The predicted molar refractivity (Wildman–Crippen MR) is 390 cm³/mol. The van der Waals surface area contributed by atoms with Crippen LogP contribution in [-0.2, 0) is 25.7 Å². The second kappa shape index (κ2) is 28.1. The van der Waals surface area contributed by atoms with Gasteiger partial charge in [0.25, 0.3) is 0 Å².